The summed E-state index contributed by atoms with van der Waals surface area (Å²) in [5.74, 6) is -3.57. The SMILES string of the molecule is CC(O)CN(Cc1ccc2c(c1)OCO2)Cc1coc2ccccc2c1=O.O=C(O)CC(O)(CC(=O)O)C(=O)O. The minimum atomic E-state index is -2.74. The van der Waals surface area contributed by atoms with Gasteiger partial charge in [0.2, 0.25) is 6.79 Å². The third kappa shape index (κ3) is 8.02. The van der Waals surface area contributed by atoms with Crippen molar-refractivity contribution in [3.8, 4) is 11.5 Å². The Bertz CT molecular complexity index is 1410. The largest absolute Gasteiger partial charge is 0.481 e. The van der Waals surface area contributed by atoms with Crippen LogP contribution in [0.15, 0.2) is 57.9 Å². The van der Waals surface area contributed by atoms with Gasteiger partial charge in [-0.25, -0.2) is 4.79 Å². The first kappa shape index (κ1) is 30.1. The maximum atomic E-state index is 12.8. The van der Waals surface area contributed by atoms with Gasteiger partial charge in [0.1, 0.15) is 5.58 Å². The number of benzene rings is 2. The molecule has 214 valence electrons. The fraction of sp³-hybridized carbons (Fsp3) is 0.333. The number of hydrogen-bond donors (Lipinski definition) is 5. The van der Waals surface area contributed by atoms with Crippen molar-refractivity contribution in [3.63, 3.8) is 0 Å². The Morgan fingerprint density at radius 3 is 2.25 bits per heavy atom. The maximum absolute atomic E-state index is 12.8. The van der Waals surface area contributed by atoms with Crippen LogP contribution < -0.4 is 14.9 Å². The van der Waals surface area contributed by atoms with Crippen LogP contribution in [0.4, 0.5) is 0 Å². The summed E-state index contributed by atoms with van der Waals surface area (Å²) in [5, 5.41) is 44.3. The Hall–Kier alpha value is -4.46. The van der Waals surface area contributed by atoms with E-state index in [4.69, 9.17) is 34.3 Å². The normalized spacial score (nSPS) is 13.0. The highest BCUT2D eigenvalue weighted by Gasteiger charge is 2.40. The summed E-state index contributed by atoms with van der Waals surface area (Å²) in [5.41, 5.74) is -0.625. The number of carbonyl (C=O) groups is 3. The fourth-order valence-electron chi connectivity index (χ4n) is 4.04. The Labute approximate surface area is 227 Å². The molecular formula is C27H29NO12. The number of fused-ring (bicyclic) bond motifs is 2. The van der Waals surface area contributed by atoms with Crippen LogP contribution in [0.3, 0.4) is 0 Å². The van der Waals surface area contributed by atoms with Gasteiger partial charge >= 0.3 is 17.9 Å². The van der Waals surface area contributed by atoms with Crippen molar-refractivity contribution in [3.05, 3.63) is 70.1 Å². The summed E-state index contributed by atoms with van der Waals surface area (Å²) in [6, 6.07) is 13.0. The number of aliphatic hydroxyl groups excluding tert-OH is 1. The topological polar surface area (TPSA) is 204 Å². The predicted octanol–water partition coefficient (Wildman–Crippen LogP) is 1.66. The van der Waals surface area contributed by atoms with Crippen LogP contribution in [0.2, 0.25) is 0 Å². The first-order valence-corrected chi connectivity index (χ1v) is 12.1. The van der Waals surface area contributed by atoms with Crippen LogP contribution in [-0.2, 0) is 27.5 Å². The standard InChI is InChI=1S/C21H21NO5.C6H8O7/c1-14(23)9-22(10-15-6-7-19-20(8-15)27-13-26-19)11-16-12-25-18-5-3-2-4-17(18)21(16)24;7-3(8)1-6(13,5(11)12)2-4(9)10/h2-8,12,14,23H,9-11,13H2,1H3;13H,1-2H2,(H,7,8)(H,9,10)(H,11,12). The minimum absolute atomic E-state index is 0.0434. The van der Waals surface area contributed by atoms with Gasteiger partial charge in [-0.15, -0.1) is 0 Å². The molecule has 0 bridgehead atoms. The summed E-state index contributed by atoms with van der Waals surface area (Å²) in [4.78, 5) is 45.3. The number of hydrogen-bond acceptors (Lipinski definition) is 10. The molecule has 40 heavy (non-hydrogen) atoms. The molecule has 0 saturated heterocycles. The number of carboxylic acids is 3. The predicted molar refractivity (Wildman–Crippen MR) is 138 cm³/mol. The zero-order chi connectivity index (χ0) is 29.4. The molecule has 0 fully saturated rings. The molecule has 5 N–H and O–H groups in total. The third-order valence-corrected chi connectivity index (χ3v) is 5.80. The Morgan fingerprint density at radius 2 is 1.62 bits per heavy atom. The molecule has 2 aromatic carbocycles. The molecule has 0 aliphatic carbocycles. The van der Waals surface area contributed by atoms with E-state index < -0.39 is 42.5 Å². The van der Waals surface area contributed by atoms with Gasteiger partial charge in [0.05, 0.1) is 30.6 Å². The molecule has 0 spiro atoms. The highest BCUT2D eigenvalue weighted by Crippen LogP contribution is 2.33. The van der Waals surface area contributed by atoms with E-state index in [1.54, 1.807) is 19.1 Å². The van der Waals surface area contributed by atoms with Crippen molar-refractivity contribution in [1.29, 1.82) is 0 Å². The smallest absolute Gasteiger partial charge is 0.336 e. The van der Waals surface area contributed by atoms with Crippen LogP contribution in [0.1, 0.15) is 30.9 Å². The number of aliphatic carboxylic acids is 3. The first-order valence-electron chi connectivity index (χ1n) is 12.1. The lowest BCUT2D eigenvalue weighted by Gasteiger charge is -2.23. The van der Waals surface area contributed by atoms with Crippen molar-refractivity contribution in [2.24, 2.45) is 0 Å². The van der Waals surface area contributed by atoms with Gasteiger partial charge in [0, 0.05) is 25.2 Å². The molecule has 4 rings (SSSR count). The highest BCUT2D eigenvalue weighted by atomic mass is 16.7. The first-order chi connectivity index (χ1) is 18.9. The number of para-hydroxylation sites is 1. The molecule has 2 heterocycles. The Morgan fingerprint density at radius 1 is 0.975 bits per heavy atom. The Balaban J connectivity index is 0.000000289. The molecule has 3 aromatic rings. The van der Waals surface area contributed by atoms with Crippen LogP contribution in [0.5, 0.6) is 11.5 Å². The zero-order valence-corrected chi connectivity index (χ0v) is 21.5. The van der Waals surface area contributed by atoms with E-state index in [1.165, 1.54) is 6.26 Å². The molecule has 0 saturated carbocycles. The molecule has 13 nitrogen and oxygen atoms in total. The van der Waals surface area contributed by atoms with Crippen molar-refractivity contribution in [2.75, 3.05) is 13.3 Å². The quantitative estimate of drug-likeness (QED) is 0.227. The zero-order valence-electron chi connectivity index (χ0n) is 21.5. The van der Waals surface area contributed by atoms with E-state index in [9.17, 15) is 24.3 Å². The number of rotatable bonds is 11. The third-order valence-electron chi connectivity index (χ3n) is 5.80. The average Bonchev–Trinajstić information content (AvgIpc) is 3.33. The summed E-state index contributed by atoms with van der Waals surface area (Å²) in [7, 11) is 0. The lowest BCUT2D eigenvalue weighted by Crippen LogP contribution is -2.42. The molecular weight excluding hydrogens is 530 g/mol. The van der Waals surface area contributed by atoms with Gasteiger partial charge in [0.15, 0.2) is 22.5 Å². The van der Waals surface area contributed by atoms with Gasteiger partial charge in [-0.2, -0.15) is 0 Å². The van der Waals surface area contributed by atoms with Crippen LogP contribution >= 0.6 is 0 Å². The minimum Gasteiger partial charge on any atom is -0.481 e. The average molecular weight is 560 g/mol. The summed E-state index contributed by atoms with van der Waals surface area (Å²) < 4.78 is 16.4. The summed E-state index contributed by atoms with van der Waals surface area (Å²) in [6.07, 6.45) is -1.30. The number of ether oxygens (including phenoxy) is 2. The molecule has 1 atom stereocenters. The van der Waals surface area contributed by atoms with Gasteiger partial charge in [-0.3, -0.25) is 19.3 Å². The summed E-state index contributed by atoms with van der Waals surface area (Å²) >= 11 is 0. The van der Waals surface area contributed by atoms with E-state index in [-0.39, 0.29) is 12.2 Å². The van der Waals surface area contributed by atoms with Crippen molar-refractivity contribution < 1.29 is 53.8 Å². The van der Waals surface area contributed by atoms with Gasteiger partial charge in [-0.05, 0) is 36.8 Å². The second-order valence-corrected chi connectivity index (χ2v) is 9.27. The molecule has 1 aromatic heterocycles. The molecule has 1 aliphatic rings. The fourth-order valence-corrected chi connectivity index (χ4v) is 4.04. The maximum Gasteiger partial charge on any atom is 0.336 e. The molecule has 13 heteroatoms. The van der Waals surface area contributed by atoms with E-state index in [0.717, 1.165) is 17.1 Å². The molecule has 1 aliphatic heterocycles. The lowest BCUT2D eigenvalue weighted by atomic mass is 9.96. The second kappa shape index (κ2) is 13.1. The molecule has 1 unspecified atom stereocenters. The lowest BCUT2D eigenvalue weighted by molar-refractivity contribution is -0.170. The highest BCUT2D eigenvalue weighted by molar-refractivity contribution is 5.88. The van der Waals surface area contributed by atoms with Crippen LogP contribution in [-0.4, -0.2) is 73.4 Å². The van der Waals surface area contributed by atoms with Crippen LogP contribution in [0, 0.1) is 0 Å². The van der Waals surface area contributed by atoms with Gasteiger partial charge < -0.3 is 39.4 Å². The monoisotopic (exact) mass is 559 g/mol. The molecule has 0 amide bonds. The molecule has 0 radical (unpaired) electrons. The number of nitrogens with zero attached hydrogens (tertiary/aromatic N) is 1. The van der Waals surface area contributed by atoms with Crippen LogP contribution in [0.25, 0.3) is 11.0 Å². The van der Waals surface area contributed by atoms with E-state index >= 15 is 0 Å². The van der Waals surface area contributed by atoms with E-state index in [2.05, 4.69) is 0 Å². The van der Waals surface area contributed by atoms with Crippen molar-refractivity contribution >= 4 is 28.9 Å². The second-order valence-electron chi connectivity index (χ2n) is 9.27. The van der Waals surface area contributed by atoms with E-state index in [1.807, 2.05) is 35.2 Å². The van der Waals surface area contributed by atoms with Gasteiger partial charge in [-0.1, -0.05) is 18.2 Å². The van der Waals surface area contributed by atoms with Crippen molar-refractivity contribution in [2.45, 2.75) is 44.6 Å². The Kier molecular flexibility index (Phi) is 9.82. The number of carboxylic acid groups (broad SMARTS) is 3. The van der Waals surface area contributed by atoms with E-state index in [0.29, 0.717) is 36.2 Å². The van der Waals surface area contributed by atoms with Crippen molar-refractivity contribution in [1.82, 2.24) is 4.90 Å². The van der Waals surface area contributed by atoms with Gasteiger partial charge in [0.25, 0.3) is 0 Å². The summed E-state index contributed by atoms with van der Waals surface area (Å²) in [6.45, 7) is 3.34. The number of aliphatic hydroxyl groups is 2.